The number of guanidine groups is 1. The fraction of sp³-hybridized carbons (Fsp3) is 0.600. The van der Waals surface area contributed by atoms with Crippen molar-refractivity contribution in [3.8, 4) is 5.75 Å². The maximum atomic E-state index is 11.8. The van der Waals surface area contributed by atoms with Crippen molar-refractivity contribution in [2.75, 3.05) is 40.0 Å². The molecule has 0 saturated carbocycles. The summed E-state index contributed by atoms with van der Waals surface area (Å²) in [4.78, 5) is 18.4. The molecule has 0 spiro atoms. The van der Waals surface area contributed by atoms with Crippen LogP contribution in [-0.4, -0.2) is 62.8 Å². The summed E-state index contributed by atoms with van der Waals surface area (Å²) in [5, 5.41) is 6.73. The third-order valence-electron chi connectivity index (χ3n) is 4.43. The van der Waals surface area contributed by atoms with Gasteiger partial charge in [0.25, 0.3) is 0 Å². The largest absolute Gasteiger partial charge is 0.491 e. The molecule has 1 aliphatic heterocycles. The third kappa shape index (κ3) is 7.09. The molecule has 1 fully saturated rings. The van der Waals surface area contributed by atoms with E-state index in [1.807, 2.05) is 43.0 Å². The third-order valence-corrected chi connectivity index (χ3v) is 4.43. The van der Waals surface area contributed by atoms with Gasteiger partial charge in [0.1, 0.15) is 12.4 Å². The molecular formula is C20H32N4O3. The van der Waals surface area contributed by atoms with E-state index in [2.05, 4.69) is 15.6 Å². The summed E-state index contributed by atoms with van der Waals surface area (Å²) < 4.78 is 10.6. The summed E-state index contributed by atoms with van der Waals surface area (Å²) in [7, 11) is 1.66. The summed E-state index contributed by atoms with van der Waals surface area (Å²) in [5.74, 6) is 1.83. The molecule has 0 aliphatic carbocycles. The Morgan fingerprint density at radius 2 is 2.04 bits per heavy atom. The summed E-state index contributed by atoms with van der Waals surface area (Å²) in [6.45, 7) is 8.00. The molecule has 1 unspecified atom stereocenters. The van der Waals surface area contributed by atoms with Crippen LogP contribution in [-0.2, 0) is 16.1 Å². The van der Waals surface area contributed by atoms with Crippen molar-refractivity contribution < 1.29 is 14.3 Å². The van der Waals surface area contributed by atoms with E-state index in [1.54, 1.807) is 7.11 Å². The fourth-order valence-electron chi connectivity index (χ4n) is 2.95. The van der Waals surface area contributed by atoms with Crippen molar-refractivity contribution in [2.24, 2.45) is 4.99 Å². The fourth-order valence-corrected chi connectivity index (χ4v) is 2.95. The van der Waals surface area contributed by atoms with Gasteiger partial charge in [-0.3, -0.25) is 4.79 Å². The highest BCUT2D eigenvalue weighted by molar-refractivity contribution is 5.80. The molecule has 1 amide bonds. The molecule has 7 heteroatoms. The number of likely N-dealkylation sites (tertiary alicyclic amines) is 1. The number of benzene rings is 1. The van der Waals surface area contributed by atoms with E-state index in [0.717, 1.165) is 43.3 Å². The SMILES string of the molecule is CCNC(=NCc1ccc(OCCOC)cc1)NC1CCN(C(=O)CC)C1. The van der Waals surface area contributed by atoms with E-state index in [0.29, 0.717) is 26.2 Å². The summed E-state index contributed by atoms with van der Waals surface area (Å²) in [6, 6.07) is 8.19. The number of carbonyl (C=O) groups is 1. The second-order valence-corrected chi connectivity index (χ2v) is 6.50. The van der Waals surface area contributed by atoms with Crippen LogP contribution >= 0.6 is 0 Å². The van der Waals surface area contributed by atoms with E-state index in [9.17, 15) is 4.79 Å². The normalized spacial score (nSPS) is 17.1. The Kier molecular flexibility index (Phi) is 8.91. The molecule has 150 valence electrons. The zero-order valence-corrected chi connectivity index (χ0v) is 16.7. The average molecular weight is 377 g/mol. The molecule has 1 aromatic rings. The Labute approximate surface area is 162 Å². The number of aliphatic imine (C=N–C) groups is 1. The van der Waals surface area contributed by atoms with Crippen molar-refractivity contribution in [1.82, 2.24) is 15.5 Å². The number of nitrogens with zero attached hydrogens (tertiary/aromatic N) is 2. The van der Waals surface area contributed by atoms with Gasteiger partial charge in [-0.05, 0) is 31.0 Å². The standard InChI is InChI=1S/C20H32N4O3/c1-4-19(25)24-11-10-17(15-24)23-20(21-5-2)22-14-16-6-8-18(9-7-16)27-13-12-26-3/h6-9,17H,4-5,10-15H2,1-3H3,(H2,21,22,23). The number of methoxy groups -OCH3 is 1. The Balaban J connectivity index is 1.86. The minimum Gasteiger partial charge on any atom is -0.491 e. The van der Waals surface area contributed by atoms with Gasteiger partial charge in [-0.15, -0.1) is 0 Å². The second kappa shape index (κ2) is 11.4. The van der Waals surface area contributed by atoms with Gasteiger partial charge in [0.2, 0.25) is 5.91 Å². The molecule has 0 radical (unpaired) electrons. The van der Waals surface area contributed by atoms with Gasteiger partial charge in [-0.2, -0.15) is 0 Å². The lowest BCUT2D eigenvalue weighted by molar-refractivity contribution is -0.129. The molecule has 7 nitrogen and oxygen atoms in total. The van der Waals surface area contributed by atoms with Crippen LogP contribution in [0.15, 0.2) is 29.3 Å². The first-order valence-electron chi connectivity index (χ1n) is 9.69. The molecule has 1 atom stereocenters. The van der Waals surface area contributed by atoms with Gasteiger partial charge in [0.15, 0.2) is 5.96 Å². The first-order chi connectivity index (χ1) is 13.2. The average Bonchev–Trinajstić information content (AvgIpc) is 3.15. The quantitative estimate of drug-likeness (QED) is 0.390. The second-order valence-electron chi connectivity index (χ2n) is 6.50. The first-order valence-corrected chi connectivity index (χ1v) is 9.69. The van der Waals surface area contributed by atoms with Gasteiger partial charge in [0, 0.05) is 39.2 Å². The highest BCUT2D eigenvalue weighted by Crippen LogP contribution is 2.13. The molecular weight excluding hydrogens is 344 g/mol. The zero-order chi connectivity index (χ0) is 19.5. The molecule has 2 N–H and O–H groups in total. The predicted molar refractivity (Wildman–Crippen MR) is 107 cm³/mol. The van der Waals surface area contributed by atoms with Crippen molar-refractivity contribution >= 4 is 11.9 Å². The van der Waals surface area contributed by atoms with Crippen LogP contribution in [0.25, 0.3) is 0 Å². The number of ether oxygens (including phenoxy) is 2. The highest BCUT2D eigenvalue weighted by atomic mass is 16.5. The number of carbonyl (C=O) groups excluding carboxylic acids is 1. The van der Waals surface area contributed by atoms with Gasteiger partial charge in [0.05, 0.1) is 13.2 Å². The predicted octanol–water partition coefficient (Wildman–Crippen LogP) is 1.78. The lowest BCUT2D eigenvalue weighted by atomic mass is 10.2. The number of amides is 1. The molecule has 1 aromatic carbocycles. The van der Waals surface area contributed by atoms with E-state index in [1.165, 1.54) is 0 Å². The Bertz CT molecular complexity index is 604. The Morgan fingerprint density at radius 1 is 1.26 bits per heavy atom. The molecule has 1 aliphatic rings. The maximum absolute atomic E-state index is 11.8. The van der Waals surface area contributed by atoms with Gasteiger partial charge in [-0.1, -0.05) is 19.1 Å². The van der Waals surface area contributed by atoms with E-state index in [-0.39, 0.29) is 11.9 Å². The van der Waals surface area contributed by atoms with Crippen LogP contribution in [0, 0.1) is 0 Å². The lowest BCUT2D eigenvalue weighted by Gasteiger charge is -2.18. The number of hydrogen-bond acceptors (Lipinski definition) is 4. The van der Waals surface area contributed by atoms with Crippen molar-refractivity contribution in [3.63, 3.8) is 0 Å². The van der Waals surface area contributed by atoms with Crippen LogP contribution in [0.4, 0.5) is 0 Å². The first kappa shape index (κ1) is 21.0. The maximum Gasteiger partial charge on any atom is 0.222 e. The minimum atomic E-state index is 0.217. The Morgan fingerprint density at radius 3 is 2.70 bits per heavy atom. The zero-order valence-electron chi connectivity index (χ0n) is 16.7. The summed E-state index contributed by atoms with van der Waals surface area (Å²) >= 11 is 0. The van der Waals surface area contributed by atoms with Gasteiger partial charge < -0.3 is 25.0 Å². The van der Waals surface area contributed by atoms with E-state index < -0.39 is 0 Å². The highest BCUT2D eigenvalue weighted by Gasteiger charge is 2.25. The molecule has 1 heterocycles. The van der Waals surface area contributed by atoms with Gasteiger partial charge >= 0.3 is 0 Å². The number of hydrogen-bond donors (Lipinski definition) is 2. The van der Waals surface area contributed by atoms with Crippen LogP contribution < -0.4 is 15.4 Å². The molecule has 0 bridgehead atoms. The Hall–Kier alpha value is -2.28. The van der Waals surface area contributed by atoms with Crippen molar-refractivity contribution in [2.45, 2.75) is 39.3 Å². The van der Waals surface area contributed by atoms with Crippen LogP contribution in [0.1, 0.15) is 32.3 Å². The van der Waals surface area contributed by atoms with Gasteiger partial charge in [-0.25, -0.2) is 4.99 Å². The van der Waals surface area contributed by atoms with Crippen molar-refractivity contribution in [3.05, 3.63) is 29.8 Å². The molecule has 0 aromatic heterocycles. The lowest BCUT2D eigenvalue weighted by Crippen LogP contribution is -2.45. The van der Waals surface area contributed by atoms with E-state index in [4.69, 9.17) is 9.47 Å². The van der Waals surface area contributed by atoms with Crippen LogP contribution in [0.2, 0.25) is 0 Å². The number of nitrogens with one attached hydrogen (secondary N) is 2. The van der Waals surface area contributed by atoms with E-state index >= 15 is 0 Å². The minimum absolute atomic E-state index is 0.217. The topological polar surface area (TPSA) is 75.2 Å². The van der Waals surface area contributed by atoms with Crippen molar-refractivity contribution in [1.29, 1.82) is 0 Å². The molecule has 2 rings (SSSR count). The van der Waals surface area contributed by atoms with Crippen LogP contribution in [0.3, 0.4) is 0 Å². The molecule has 27 heavy (non-hydrogen) atoms. The van der Waals surface area contributed by atoms with Crippen LogP contribution in [0.5, 0.6) is 5.75 Å². The smallest absolute Gasteiger partial charge is 0.222 e. The number of rotatable bonds is 9. The summed E-state index contributed by atoms with van der Waals surface area (Å²) in [5.41, 5.74) is 1.11. The summed E-state index contributed by atoms with van der Waals surface area (Å²) in [6.07, 6.45) is 1.51. The monoisotopic (exact) mass is 376 g/mol. The molecule has 1 saturated heterocycles.